The first kappa shape index (κ1) is 14.6. The summed E-state index contributed by atoms with van der Waals surface area (Å²) < 4.78 is 38.9. The number of hydrogen-bond donors (Lipinski definition) is 2. The molecule has 0 aliphatic rings. The van der Waals surface area contributed by atoms with Gasteiger partial charge in [-0.25, -0.2) is 27.5 Å². The van der Waals surface area contributed by atoms with Crippen molar-refractivity contribution in [3.05, 3.63) is 41.6 Å². The Morgan fingerprint density at radius 1 is 1.25 bits per heavy atom. The van der Waals surface area contributed by atoms with Gasteiger partial charge in [0.1, 0.15) is 28.0 Å². The van der Waals surface area contributed by atoms with Gasteiger partial charge in [-0.15, -0.1) is 0 Å². The minimum absolute atomic E-state index is 0.229. The lowest BCUT2D eigenvalue weighted by Gasteiger charge is -2.09. The molecule has 2 aromatic rings. The lowest BCUT2D eigenvalue weighted by molar-refractivity contribution is 0.562. The molecule has 0 fully saturated rings. The van der Waals surface area contributed by atoms with E-state index < -0.39 is 20.7 Å². The summed E-state index contributed by atoms with van der Waals surface area (Å²) in [5, 5.41) is 3.04. The molecule has 2 rings (SSSR count). The number of benzene rings is 1. The van der Waals surface area contributed by atoms with E-state index in [-0.39, 0.29) is 5.15 Å². The molecule has 2 N–H and O–H groups in total. The number of nitrogens with zero attached hydrogens (tertiary/aromatic N) is 2. The number of nitrogens with one attached hydrogen (secondary N) is 2. The molecule has 0 radical (unpaired) electrons. The van der Waals surface area contributed by atoms with Crippen LogP contribution in [0.4, 0.5) is 15.9 Å². The summed E-state index contributed by atoms with van der Waals surface area (Å²) in [4.78, 5) is 7.16. The number of hydrogen-bond acceptors (Lipinski definition) is 5. The number of anilines is 2. The third-order valence-corrected chi connectivity index (χ3v) is 4.03. The Labute approximate surface area is 120 Å². The number of aromatic nitrogens is 2. The van der Waals surface area contributed by atoms with Crippen LogP contribution in [-0.4, -0.2) is 25.4 Å². The van der Waals surface area contributed by atoms with E-state index in [4.69, 9.17) is 11.6 Å². The fourth-order valence-electron chi connectivity index (χ4n) is 1.45. The first-order valence-electron chi connectivity index (χ1n) is 5.40. The molecular formula is C11H10ClFN4O2S. The van der Waals surface area contributed by atoms with Crippen molar-refractivity contribution < 1.29 is 12.8 Å². The highest BCUT2D eigenvalue weighted by Crippen LogP contribution is 2.22. The van der Waals surface area contributed by atoms with Crippen molar-refractivity contribution >= 4 is 33.1 Å². The second-order valence-electron chi connectivity index (χ2n) is 3.70. The van der Waals surface area contributed by atoms with Gasteiger partial charge >= 0.3 is 0 Å². The van der Waals surface area contributed by atoms with Gasteiger partial charge in [0.25, 0.3) is 0 Å². The largest absolute Gasteiger partial charge is 0.340 e. The van der Waals surface area contributed by atoms with Crippen molar-refractivity contribution in [1.29, 1.82) is 0 Å². The first-order chi connectivity index (χ1) is 9.42. The Kier molecular flexibility index (Phi) is 4.17. The van der Waals surface area contributed by atoms with E-state index in [0.29, 0.717) is 11.5 Å². The Morgan fingerprint density at radius 2 is 2.00 bits per heavy atom. The summed E-state index contributed by atoms with van der Waals surface area (Å²) in [6.07, 6.45) is 1.25. The minimum atomic E-state index is -3.88. The highest BCUT2D eigenvalue weighted by molar-refractivity contribution is 7.89. The molecule has 0 spiro atoms. The van der Waals surface area contributed by atoms with Gasteiger partial charge in [0.2, 0.25) is 10.0 Å². The topological polar surface area (TPSA) is 84.0 Å². The van der Waals surface area contributed by atoms with Crippen molar-refractivity contribution in [3.63, 3.8) is 0 Å². The van der Waals surface area contributed by atoms with Crippen molar-refractivity contribution in [2.75, 3.05) is 12.4 Å². The van der Waals surface area contributed by atoms with E-state index in [9.17, 15) is 12.8 Å². The monoisotopic (exact) mass is 316 g/mol. The van der Waals surface area contributed by atoms with Gasteiger partial charge in [-0.2, -0.15) is 0 Å². The Bertz CT molecular complexity index is 739. The molecule has 0 saturated heterocycles. The van der Waals surface area contributed by atoms with Crippen LogP contribution in [0.1, 0.15) is 0 Å². The maximum Gasteiger partial charge on any atom is 0.243 e. The van der Waals surface area contributed by atoms with Crippen LogP contribution in [0.25, 0.3) is 0 Å². The zero-order valence-electron chi connectivity index (χ0n) is 10.3. The van der Waals surface area contributed by atoms with E-state index >= 15 is 0 Å². The third kappa shape index (κ3) is 3.21. The summed E-state index contributed by atoms with van der Waals surface area (Å²) >= 11 is 5.71. The van der Waals surface area contributed by atoms with E-state index in [2.05, 4.69) is 20.0 Å². The summed E-state index contributed by atoms with van der Waals surface area (Å²) in [6, 6.07) is 5.06. The van der Waals surface area contributed by atoms with Gasteiger partial charge in [0.05, 0.1) is 0 Å². The zero-order chi connectivity index (χ0) is 14.8. The molecule has 0 aliphatic heterocycles. The number of rotatable bonds is 4. The van der Waals surface area contributed by atoms with Crippen LogP contribution in [0.15, 0.2) is 35.5 Å². The Hall–Kier alpha value is -1.77. The summed E-state index contributed by atoms with van der Waals surface area (Å²) in [5.41, 5.74) is 0.356. The zero-order valence-corrected chi connectivity index (χ0v) is 11.8. The molecule has 0 aliphatic carbocycles. The van der Waals surface area contributed by atoms with Crippen LogP contribution >= 0.6 is 11.6 Å². The standard InChI is InChI=1S/C11H10ClFN4O2S/c1-14-20(18,19)9-4-7(2-3-8(9)13)17-11-5-10(12)15-6-16-11/h2-6,14H,1H3,(H,15,16,17). The first-order valence-corrected chi connectivity index (χ1v) is 7.26. The normalized spacial score (nSPS) is 11.3. The predicted molar refractivity (Wildman–Crippen MR) is 73.0 cm³/mol. The minimum Gasteiger partial charge on any atom is -0.340 e. The van der Waals surface area contributed by atoms with Crippen molar-refractivity contribution in [2.24, 2.45) is 0 Å². The van der Waals surface area contributed by atoms with E-state index in [1.807, 2.05) is 0 Å². The molecule has 1 aromatic carbocycles. The van der Waals surface area contributed by atoms with Crippen molar-refractivity contribution in [2.45, 2.75) is 4.90 Å². The van der Waals surface area contributed by atoms with Crippen LogP contribution in [0, 0.1) is 5.82 Å². The third-order valence-electron chi connectivity index (χ3n) is 2.40. The van der Waals surface area contributed by atoms with E-state index in [1.54, 1.807) is 0 Å². The fraction of sp³-hybridized carbons (Fsp3) is 0.0909. The molecule has 6 nitrogen and oxygen atoms in total. The summed E-state index contributed by atoms with van der Waals surface area (Å²) in [7, 11) is -2.67. The summed E-state index contributed by atoms with van der Waals surface area (Å²) in [5.74, 6) is -0.477. The highest BCUT2D eigenvalue weighted by atomic mass is 35.5. The quantitative estimate of drug-likeness (QED) is 0.842. The van der Waals surface area contributed by atoms with Crippen LogP contribution in [0.3, 0.4) is 0 Å². The van der Waals surface area contributed by atoms with Crippen LogP contribution in [-0.2, 0) is 10.0 Å². The van der Waals surface area contributed by atoms with Gasteiger partial charge in [0, 0.05) is 11.8 Å². The van der Waals surface area contributed by atoms with Gasteiger partial charge in [-0.3, -0.25) is 0 Å². The summed E-state index contributed by atoms with van der Waals surface area (Å²) in [6.45, 7) is 0. The Morgan fingerprint density at radius 3 is 2.65 bits per heavy atom. The predicted octanol–water partition coefficient (Wildman–Crippen LogP) is 1.92. The molecule has 0 unspecified atom stereocenters. The molecule has 0 atom stereocenters. The van der Waals surface area contributed by atoms with Crippen molar-refractivity contribution in [1.82, 2.24) is 14.7 Å². The molecule has 20 heavy (non-hydrogen) atoms. The molecular weight excluding hydrogens is 307 g/mol. The average molecular weight is 317 g/mol. The van der Waals surface area contributed by atoms with E-state index in [1.165, 1.54) is 25.5 Å². The maximum absolute atomic E-state index is 13.6. The molecule has 106 valence electrons. The molecule has 0 saturated carbocycles. The second-order valence-corrected chi connectivity index (χ2v) is 5.95. The maximum atomic E-state index is 13.6. The van der Waals surface area contributed by atoms with Crippen molar-refractivity contribution in [3.8, 4) is 0 Å². The number of sulfonamides is 1. The van der Waals surface area contributed by atoms with Gasteiger partial charge < -0.3 is 5.32 Å². The molecule has 9 heteroatoms. The Balaban J connectivity index is 2.38. The molecule has 0 amide bonds. The van der Waals surface area contributed by atoms with E-state index in [0.717, 1.165) is 12.1 Å². The van der Waals surface area contributed by atoms with Crippen LogP contribution in [0.5, 0.6) is 0 Å². The highest BCUT2D eigenvalue weighted by Gasteiger charge is 2.17. The SMILES string of the molecule is CNS(=O)(=O)c1cc(Nc2cc(Cl)ncn2)ccc1F. The van der Waals surface area contributed by atoms with Crippen LogP contribution in [0.2, 0.25) is 5.15 Å². The van der Waals surface area contributed by atoms with Gasteiger partial charge in [-0.1, -0.05) is 11.6 Å². The second kappa shape index (κ2) is 5.70. The van der Waals surface area contributed by atoms with Crippen LogP contribution < -0.4 is 10.0 Å². The fourth-order valence-corrected chi connectivity index (χ4v) is 2.42. The molecule has 0 bridgehead atoms. The molecule has 1 heterocycles. The molecule has 1 aromatic heterocycles. The van der Waals surface area contributed by atoms with Gasteiger partial charge in [0.15, 0.2) is 0 Å². The lowest BCUT2D eigenvalue weighted by atomic mass is 10.3. The average Bonchev–Trinajstić information content (AvgIpc) is 2.41. The number of halogens is 2. The van der Waals surface area contributed by atoms with Gasteiger partial charge in [-0.05, 0) is 25.2 Å². The lowest BCUT2D eigenvalue weighted by Crippen LogP contribution is -2.20. The smallest absolute Gasteiger partial charge is 0.243 e.